The van der Waals surface area contributed by atoms with Crippen LogP contribution in [0, 0.1) is 17.2 Å². The molecule has 1 aliphatic rings. The maximum absolute atomic E-state index is 12.6. The fourth-order valence-corrected chi connectivity index (χ4v) is 3.66. The number of nitriles is 1. The average molecular weight is 378 g/mol. The first-order valence-electron chi connectivity index (χ1n) is 8.23. The Morgan fingerprint density at radius 1 is 1.38 bits per heavy atom. The highest BCUT2D eigenvalue weighted by molar-refractivity contribution is 7.89. The second-order valence-electron chi connectivity index (χ2n) is 6.36. The summed E-state index contributed by atoms with van der Waals surface area (Å²) in [5.74, 6) is -0.874. The summed E-state index contributed by atoms with van der Waals surface area (Å²) in [5, 5.41) is 9.05. The van der Waals surface area contributed by atoms with Crippen LogP contribution in [0.3, 0.4) is 0 Å². The fourth-order valence-electron chi connectivity index (χ4n) is 2.64. The van der Waals surface area contributed by atoms with Crippen LogP contribution in [0.2, 0.25) is 0 Å². The number of rotatable bonds is 5. The topological polar surface area (TPSA) is 111 Å². The molecule has 1 unspecified atom stereocenters. The van der Waals surface area contributed by atoms with Crippen LogP contribution in [0.25, 0.3) is 0 Å². The summed E-state index contributed by atoms with van der Waals surface area (Å²) >= 11 is 0. The van der Waals surface area contributed by atoms with Crippen LogP contribution in [0.1, 0.15) is 23.2 Å². The van der Waals surface area contributed by atoms with E-state index in [0.29, 0.717) is 13.1 Å². The largest absolute Gasteiger partial charge is 0.348 e. The Hall–Kier alpha value is -2.44. The Morgan fingerprint density at radius 2 is 2.12 bits per heavy atom. The van der Waals surface area contributed by atoms with Crippen LogP contribution >= 0.6 is 0 Å². The highest BCUT2D eigenvalue weighted by atomic mass is 32.2. The molecule has 1 aromatic carbocycles. The smallest absolute Gasteiger partial charge is 0.253 e. The highest BCUT2D eigenvalue weighted by Gasteiger charge is 2.25. The molecule has 0 radical (unpaired) electrons. The average Bonchev–Trinajstić information content (AvgIpc) is 2.65. The van der Waals surface area contributed by atoms with Crippen LogP contribution in [-0.4, -0.2) is 63.8 Å². The van der Waals surface area contributed by atoms with Crippen molar-refractivity contribution in [2.75, 3.05) is 33.7 Å². The van der Waals surface area contributed by atoms with E-state index in [-0.39, 0.29) is 34.7 Å². The highest BCUT2D eigenvalue weighted by Crippen LogP contribution is 2.19. The van der Waals surface area contributed by atoms with Crippen molar-refractivity contribution in [1.29, 1.82) is 5.26 Å². The van der Waals surface area contributed by atoms with Crippen LogP contribution in [0.4, 0.5) is 0 Å². The van der Waals surface area contributed by atoms with E-state index < -0.39 is 10.0 Å². The standard InChI is InChI=1S/C17H22N4O4S/c1-20(2)16(22)11-19-26(24,25)15-7-3-6-14(9-15)17(23)21-8-4-5-13(10-18)12-21/h3,6-7,9,13,19H,4-5,8,11-12H2,1-2H3. The summed E-state index contributed by atoms with van der Waals surface area (Å²) < 4.78 is 26.9. The molecule has 1 atom stereocenters. The molecule has 0 spiro atoms. The van der Waals surface area contributed by atoms with Crippen LogP contribution < -0.4 is 4.72 Å². The zero-order valence-electron chi connectivity index (χ0n) is 14.8. The number of benzene rings is 1. The Kier molecular flexibility index (Phi) is 6.34. The fraction of sp³-hybridized carbons (Fsp3) is 0.471. The van der Waals surface area contributed by atoms with E-state index in [0.717, 1.165) is 12.8 Å². The van der Waals surface area contributed by atoms with Crippen molar-refractivity contribution in [2.45, 2.75) is 17.7 Å². The molecule has 1 N–H and O–H groups in total. The number of hydrogen-bond acceptors (Lipinski definition) is 5. The first-order chi connectivity index (χ1) is 12.2. The molecule has 140 valence electrons. The number of likely N-dealkylation sites (N-methyl/N-ethyl adjacent to an activating group) is 1. The van der Waals surface area contributed by atoms with Crippen molar-refractivity contribution < 1.29 is 18.0 Å². The van der Waals surface area contributed by atoms with Gasteiger partial charge in [0.05, 0.1) is 23.4 Å². The molecule has 26 heavy (non-hydrogen) atoms. The van der Waals surface area contributed by atoms with Gasteiger partial charge >= 0.3 is 0 Å². The lowest BCUT2D eigenvalue weighted by atomic mass is 9.99. The lowest BCUT2D eigenvalue weighted by molar-refractivity contribution is -0.127. The Balaban J connectivity index is 2.15. The predicted molar refractivity (Wildman–Crippen MR) is 94.6 cm³/mol. The third-order valence-corrected chi connectivity index (χ3v) is 5.59. The van der Waals surface area contributed by atoms with E-state index in [2.05, 4.69) is 10.8 Å². The molecule has 9 heteroatoms. The normalized spacial score (nSPS) is 17.4. The summed E-state index contributed by atoms with van der Waals surface area (Å²) in [6.45, 7) is 0.537. The minimum atomic E-state index is -3.91. The van der Waals surface area contributed by atoms with Crippen LogP contribution in [0.15, 0.2) is 29.2 Å². The summed E-state index contributed by atoms with van der Waals surface area (Å²) in [6.07, 6.45) is 1.51. The lowest BCUT2D eigenvalue weighted by Crippen LogP contribution is -2.39. The van der Waals surface area contributed by atoms with Gasteiger partial charge in [-0.1, -0.05) is 6.07 Å². The van der Waals surface area contributed by atoms with Gasteiger partial charge in [0.25, 0.3) is 5.91 Å². The van der Waals surface area contributed by atoms with E-state index in [9.17, 15) is 18.0 Å². The maximum atomic E-state index is 12.6. The second-order valence-corrected chi connectivity index (χ2v) is 8.13. The van der Waals surface area contributed by atoms with E-state index >= 15 is 0 Å². The Morgan fingerprint density at radius 3 is 2.77 bits per heavy atom. The molecule has 2 rings (SSSR count). The molecular formula is C17H22N4O4S. The van der Waals surface area contributed by atoms with Crippen LogP contribution in [-0.2, 0) is 14.8 Å². The number of carbonyl (C=O) groups excluding carboxylic acids is 2. The lowest BCUT2D eigenvalue weighted by Gasteiger charge is -2.29. The molecule has 8 nitrogen and oxygen atoms in total. The zero-order valence-corrected chi connectivity index (χ0v) is 15.6. The summed E-state index contributed by atoms with van der Waals surface area (Å²) in [5.41, 5.74) is 0.241. The van der Waals surface area contributed by atoms with Gasteiger partial charge in [-0.3, -0.25) is 9.59 Å². The second kappa shape index (κ2) is 8.29. The molecule has 1 heterocycles. The molecule has 2 amide bonds. The summed E-state index contributed by atoms with van der Waals surface area (Å²) in [4.78, 5) is 27.0. The zero-order chi connectivity index (χ0) is 19.3. The van der Waals surface area contributed by atoms with Crippen molar-refractivity contribution >= 4 is 21.8 Å². The first-order valence-corrected chi connectivity index (χ1v) is 9.71. The number of piperidine rings is 1. The number of nitrogens with one attached hydrogen (secondary N) is 1. The van der Waals surface area contributed by atoms with Crippen molar-refractivity contribution in [2.24, 2.45) is 5.92 Å². The van der Waals surface area contributed by atoms with Crippen molar-refractivity contribution in [3.63, 3.8) is 0 Å². The third-order valence-electron chi connectivity index (χ3n) is 4.19. The minimum Gasteiger partial charge on any atom is -0.348 e. The van der Waals surface area contributed by atoms with E-state index in [4.69, 9.17) is 5.26 Å². The van der Waals surface area contributed by atoms with Gasteiger partial charge in [0.2, 0.25) is 15.9 Å². The quantitative estimate of drug-likeness (QED) is 0.799. The van der Waals surface area contributed by atoms with Gasteiger partial charge in [0.15, 0.2) is 0 Å². The first kappa shape index (κ1) is 19.9. The molecule has 0 aliphatic carbocycles. The SMILES string of the molecule is CN(C)C(=O)CNS(=O)(=O)c1cccc(C(=O)N2CCCC(C#N)C2)c1. The number of likely N-dealkylation sites (tertiary alicyclic amines) is 1. The van der Waals surface area contributed by atoms with Gasteiger partial charge in [-0.05, 0) is 31.0 Å². The predicted octanol–water partition coefficient (Wildman–Crippen LogP) is 0.429. The number of amides is 2. The van der Waals surface area contributed by atoms with Crippen molar-refractivity contribution in [3.8, 4) is 6.07 Å². The summed E-state index contributed by atoms with van der Waals surface area (Å²) in [7, 11) is -0.850. The van der Waals surface area contributed by atoms with Gasteiger partial charge in [-0.2, -0.15) is 5.26 Å². The molecule has 1 aliphatic heterocycles. The van der Waals surface area contributed by atoms with Gasteiger partial charge < -0.3 is 9.80 Å². The molecule has 1 fully saturated rings. The van der Waals surface area contributed by atoms with Crippen molar-refractivity contribution in [3.05, 3.63) is 29.8 Å². The number of sulfonamides is 1. The Labute approximate surface area is 153 Å². The molecule has 1 aromatic rings. The number of hydrogen-bond donors (Lipinski definition) is 1. The number of carbonyl (C=O) groups is 2. The number of nitrogens with zero attached hydrogens (tertiary/aromatic N) is 3. The van der Waals surface area contributed by atoms with Crippen LogP contribution in [0.5, 0.6) is 0 Å². The Bertz CT molecular complexity index is 829. The molecule has 0 bridgehead atoms. The van der Waals surface area contributed by atoms with E-state index in [1.54, 1.807) is 11.0 Å². The maximum Gasteiger partial charge on any atom is 0.253 e. The molecule has 0 saturated carbocycles. The van der Waals surface area contributed by atoms with Gasteiger partial charge in [0.1, 0.15) is 0 Å². The molecule has 0 aromatic heterocycles. The van der Waals surface area contributed by atoms with Gasteiger partial charge in [0, 0.05) is 32.7 Å². The van der Waals surface area contributed by atoms with E-state index in [1.807, 2.05) is 0 Å². The minimum absolute atomic E-state index is 0.0799. The van der Waals surface area contributed by atoms with E-state index in [1.165, 1.54) is 37.2 Å². The monoisotopic (exact) mass is 378 g/mol. The molecule has 1 saturated heterocycles. The third kappa shape index (κ3) is 4.80. The molecular weight excluding hydrogens is 356 g/mol. The van der Waals surface area contributed by atoms with Crippen molar-refractivity contribution in [1.82, 2.24) is 14.5 Å². The summed E-state index contributed by atoms with van der Waals surface area (Å²) in [6, 6.07) is 7.87. The van der Waals surface area contributed by atoms with Gasteiger partial charge in [-0.25, -0.2) is 13.1 Å². The van der Waals surface area contributed by atoms with Gasteiger partial charge in [-0.15, -0.1) is 0 Å².